The molecule has 1 atom stereocenters. The van der Waals surface area contributed by atoms with Crippen LogP contribution in [0.3, 0.4) is 0 Å². The number of carbonyl (C=O) groups excluding carboxylic acids is 1. The highest BCUT2D eigenvalue weighted by atomic mass is 32.1. The first-order chi connectivity index (χ1) is 9.61. The normalized spacial score (nSPS) is 19.4. The molecule has 1 aliphatic heterocycles. The molecular weight excluding hydrogens is 276 g/mol. The van der Waals surface area contributed by atoms with Gasteiger partial charge in [0, 0.05) is 39.2 Å². The molecule has 1 aromatic rings. The van der Waals surface area contributed by atoms with Crippen LogP contribution in [-0.2, 0) is 4.74 Å². The second kappa shape index (κ2) is 7.01. The molecule has 112 valence electrons. The summed E-state index contributed by atoms with van der Waals surface area (Å²) in [4.78, 5) is 16.4. The van der Waals surface area contributed by atoms with Gasteiger partial charge in [-0.3, -0.25) is 4.79 Å². The molecule has 0 aromatic carbocycles. The largest absolute Gasteiger partial charge is 0.383 e. The second-order valence-corrected chi connectivity index (χ2v) is 5.88. The number of carbonyl (C=O) groups is 1. The van der Waals surface area contributed by atoms with Crippen molar-refractivity contribution in [1.82, 2.24) is 14.2 Å². The van der Waals surface area contributed by atoms with Crippen LogP contribution in [0.2, 0.25) is 0 Å². The minimum absolute atomic E-state index is 0.0356. The van der Waals surface area contributed by atoms with Crippen LogP contribution in [0.4, 0.5) is 5.82 Å². The molecule has 6 nitrogen and oxygen atoms in total. The van der Waals surface area contributed by atoms with Gasteiger partial charge in [0.05, 0.1) is 12.2 Å². The van der Waals surface area contributed by atoms with Crippen LogP contribution in [0.5, 0.6) is 0 Å². The summed E-state index contributed by atoms with van der Waals surface area (Å²) in [6, 6.07) is 0. The van der Waals surface area contributed by atoms with Crippen LogP contribution in [0.25, 0.3) is 0 Å². The lowest BCUT2D eigenvalue weighted by Gasteiger charge is -2.21. The van der Waals surface area contributed by atoms with Gasteiger partial charge in [-0.15, -0.1) is 0 Å². The van der Waals surface area contributed by atoms with Gasteiger partial charge < -0.3 is 20.3 Å². The van der Waals surface area contributed by atoms with E-state index in [0.29, 0.717) is 17.3 Å². The van der Waals surface area contributed by atoms with Crippen LogP contribution < -0.4 is 5.73 Å². The molecule has 0 bridgehead atoms. The predicted molar refractivity (Wildman–Crippen MR) is 79.9 cm³/mol. The number of nitrogens with zero attached hydrogens (tertiary/aromatic N) is 3. The standard InChI is InChI=1S/C13H22N4O2S/c1-16(13(18)11-9-20-15-12(11)14)7-10-3-4-17(8-10)5-6-19-2/h9-10H,3-8H2,1-2H3,(H2,14,15). The Bertz CT molecular complexity index is 451. The fourth-order valence-corrected chi connectivity index (χ4v) is 3.16. The summed E-state index contributed by atoms with van der Waals surface area (Å²) in [6.45, 7) is 4.60. The van der Waals surface area contributed by atoms with E-state index in [4.69, 9.17) is 10.5 Å². The summed E-state index contributed by atoms with van der Waals surface area (Å²) in [5.41, 5.74) is 6.21. The Morgan fingerprint density at radius 3 is 3.15 bits per heavy atom. The molecule has 1 unspecified atom stereocenters. The van der Waals surface area contributed by atoms with E-state index in [2.05, 4.69) is 9.27 Å². The van der Waals surface area contributed by atoms with Crippen molar-refractivity contribution < 1.29 is 9.53 Å². The van der Waals surface area contributed by atoms with E-state index in [1.54, 1.807) is 17.4 Å². The molecule has 0 radical (unpaired) electrons. The fraction of sp³-hybridized carbons (Fsp3) is 0.692. The van der Waals surface area contributed by atoms with Gasteiger partial charge in [0.1, 0.15) is 5.82 Å². The van der Waals surface area contributed by atoms with Gasteiger partial charge in [-0.2, -0.15) is 4.37 Å². The third-order valence-electron chi connectivity index (χ3n) is 3.69. The number of hydrogen-bond acceptors (Lipinski definition) is 6. The summed E-state index contributed by atoms with van der Waals surface area (Å²) in [5.74, 6) is 0.820. The summed E-state index contributed by atoms with van der Waals surface area (Å²) < 4.78 is 9.04. The molecule has 7 heteroatoms. The highest BCUT2D eigenvalue weighted by Crippen LogP contribution is 2.19. The monoisotopic (exact) mass is 298 g/mol. The predicted octanol–water partition coefficient (Wildman–Crippen LogP) is 0.766. The number of nitrogens with two attached hydrogens (primary N) is 1. The molecule has 1 amide bonds. The summed E-state index contributed by atoms with van der Waals surface area (Å²) in [5, 5.41) is 1.72. The van der Waals surface area contributed by atoms with E-state index in [9.17, 15) is 4.79 Å². The molecule has 1 aliphatic rings. The molecule has 2 heterocycles. The van der Waals surface area contributed by atoms with Crippen molar-refractivity contribution in [1.29, 1.82) is 0 Å². The number of hydrogen-bond donors (Lipinski definition) is 1. The van der Waals surface area contributed by atoms with E-state index in [1.807, 2.05) is 7.05 Å². The third kappa shape index (κ3) is 3.68. The van der Waals surface area contributed by atoms with Crippen molar-refractivity contribution in [3.05, 3.63) is 10.9 Å². The van der Waals surface area contributed by atoms with Gasteiger partial charge in [0.2, 0.25) is 0 Å². The van der Waals surface area contributed by atoms with E-state index in [1.165, 1.54) is 11.5 Å². The second-order valence-electron chi connectivity index (χ2n) is 5.25. The van der Waals surface area contributed by atoms with Crippen LogP contribution in [0, 0.1) is 5.92 Å². The molecule has 1 aromatic heterocycles. The molecule has 20 heavy (non-hydrogen) atoms. The first-order valence-electron chi connectivity index (χ1n) is 6.78. The Hall–Kier alpha value is -1.18. The lowest BCUT2D eigenvalue weighted by atomic mass is 10.1. The maximum Gasteiger partial charge on any atom is 0.258 e. The minimum Gasteiger partial charge on any atom is -0.383 e. The van der Waals surface area contributed by atoms with Crippen molar-refractivity contribution in [2.24, 2.45) is 5.92 Å². The highest BCUT2D eigenvalue weighted by Gasteiger charge is 2.25. The van der Waals surface area contributed by atoms with Gasteiger partial charge in [-0.1, -0.05) is 0 Å². The Morgan fingerprint density at radius 2 is 2.50 bits per heavy atom. The molecule has 0 spiro atoms. The zero-order chi connectivity index (χ0) is 14.5. The molecule has 1 saturated heterocycles. The van der Waals surface area contributed by atoms with Crippen molar-refractivity contribution >= 4 is 23.3 Å². The molecule has 2 rings (SSSR count). The van der Waals surface area contributed by atoms with E-state index >= 15 is 0 Å². The lowest BCUT2D eigenvalue weighted by molar-refractivity contribution is 0.0773. The van der Waals surface area contributed by atoms with E-state index < -0.39 is 0 Å². The zero-order valence-electron chi connectivity index (χ0n) is 12.0. The zero-order valence-corrected chi connectivity index (χ0v) is 12.9. The summed E-state index contributed by atoms with van der Waals surface area (Å²) in [7, 11) is 3.55. The van der Waals surface area contributed by atoms with Crippen LogP contribution in [0.15, 0.2) is 5.38 Å². The number of aromatic nitrogens is 1. The molecular formula is C13H22N4O2S. The van der Waals surface area contributed by atoms with Gasteiger partial charge in [-0.05, 0) is 30.4 Å². The third-order valence-corrected chi connectivity index (χ3v) is 4.33. The van der Waals surface area contributed by atoms with Gasteiger partial charge in [0.15, 0.2) is 0 Å². The SMILES string of the molecule is COCCN1CCC(CN(C)C(=O)c2csnc2N)C1. The minimum atomic E-state index is -0.0356. The topological polar surface area (TPSA) is 71.7 Å². The number of anilines is 1. The number of rotatable bonds is 6. The average molecular weight is 298 g/mol. The van der Waals surface area contributed by atoms with E-state index in [0.717, 1.165) is 39.2 Å². The molecule has 2 N–H and O–H groups in total. The van der Waals surface area contributed by atoms with Crippen LogP contribution >= 0.6 is 11.5 Å². The Balaban J connectivity index is 1.82. The Kier molecular flexibility index (Phi) is 5.33. The van der Waals surface area contributed by atoms with Crippen molar-refractivity contribution in [2.45, 2.75) is 6.42 Å². The van der Waals surface area contributed by atoms with Crippen LogP contribution in [-0.4, -0.2) is 67.0 Å². The van der Waals surface area contributed by atoms with Crippen molar-refractivity contribution in [2.75, 3.05) is 52.7 Å². The van der Waals surface area contributed by atoms with Gasteiger partial charge >= 0.3 is 0 Å². The average Bonchev–Trinajstić information content (AvgIpc) is 3.04. The van der Waals surface area contributed by atoms with Gasteiger partial charge in [0.25, 0.3) is 5.91 Å². The number of likely N-dealkylation sites (tertiary alicyclic amines) is 1. The Labute approximate surface area is 123 Å². The first kappa shape index (κ1) is 15.2. The smallest absolute Gasteiger partial charge is 0.258 e. The summed E-state index contributed by atoms with van der Waals surface area (Å²) in [6.07, 6.45) is 1.12. The first-order valence-corrected chi connectivity index (χ1v) is 7.62. The summed E-state index contributed by atoms with van der Waals surface area (Å²) >= 11 is 1.22. The van der Waals surface area contributed by atoms with Crippen molar-refractivity contribution in [3.63, 3.8) is 0 Å². The molecule has 0 aliphatic carbocycles. The Morgan fingerprint density at radius 1 is 1.70 bits per heavy atom. The number of methoxy groups -OCH3 is 1. The highest BCUT2D eigenvalue weighted by molar-refractivity contribution is 7.04. The maximum absolute atomic E-state index is 12.2. The molecule has 0 saturated carbocycles. The van der Waals surface area contributed by atoms with Crippen LogP contribution in [0.1, 0.15) is 16.8 Å². The van der Waals surface area contributed by atoms with E-state index in [-0.39, 0.29) is 5.91 Å². The number of amides is 1. The molecule has 1 fully saturated rings. The number of ether oxygens (including phenoxy) is 1. The fourth-order valence-electron chi connectivity index (χ4n) is 2.57. The van der Waals surface area contributed by atoms with Gasteiger partial charge in [-0.25, -0.2) is 0 Å². The number of nitrogen functional groups attached to an aromatic ring is 1. The van der Waals surface area contributed by atoms with Crippen molar-refractivity contribution in [3.8, 4) is 0 Å². The maximum atomic E-state index is 12.2. The lowest BCUT2D eigenvalue weighted by Crippen LogP contribution is -2.33. The quantitative estimate of drug-likeness (QED) is 0.840.